The van der Waals surface area contributed by atoms with E-state index >= 15 is 0 Å². The van der Waals surface area contributed by atoms with Gasteiger partial charge in [0.2, 0.25) is 0 Å². The summed E-state index contributed by atoms with van der Waals surface area (Å²) in [5.74, 6) is 1.07. The van der Waals surface area contributed by atoms with E-state index in [2.05, 4.69) is 17.1 Å². The molecule has 0 unspecified atom stereocenters. The summed E-state index contributed by atoms with van der Waals surface area (Å²) < 4.78 is 0. The van der Waals surface area contributed by atoms with Crippen molar-refractivity contribution in [2.24, 2.45) is 16.5 Å². The highest BCUT2D eigenvalue weighted by Crippen LogP contribution is 2.15. The van der Waals surface area contributed by atoms with Crippen LogP contribution < -0.4 is 11.5 Å². The first-order valence-corrected chi connectivity index (χ1v) is 5.01. The molecule has 1 aromatic carbocycles. The number of rotatable bonds is 4. The van der Waals surface area contributed by atoms with Gasteiger partial charge in [-0.1, -0.05) is 18.2 Å². The van der Waals surface area contributed by atoms with Crippen LogP contribution in [0.2, 0.25) is 0 Å². The van der Waals surface area contributed by atoms with Gasteiger partial charge in [0.1, 0.15) is 0 Å². The first-order valence-electron chi connectivity index (χ1n) is 4.02. The van der Waals surface area contributed by atoms with Gasteiger partial charge in [0.25, 0.3) is 0 Å². The van der Waals surface area contributed by atoms with Crippen LogP contribution in [0.25, 0.3) is 0 Å². The minimum atomic E-state index is 0.161. The Labute approximate surface area is 82.2 Å². The topological polar surface area (TPSA) is 64.4 Å². The predicted molar refractivity (Wildman–Crippen MR) is 57.8 cm³/mol. The maximum Gasteiger partial charge on any atom is 0.185 e. The Hall–Kier alpha value is -1.16. The smallest absolute Gasteiger partial charge is 0.185 e. The van der Waals surface area contributed by atoms with Gasteiger partial charge in [-0.2, -0.15) is 0 Å². The van der Waals surface area contributed by atoms with Crippen molar-refractivity contribution in [2.45, 2.75) is 4.90 Å². The van der Waals surface area contributed by atoms with Crippen LogP contribution in [0.15, 0.2) is 40.2 Å². The van der Waals surface area contributed by atoms with Gasteiger partial charge in [0.05, 0.1) is 6.54 Å². The zero-order valence-corrected chi connectivity index (χ0v) is 8.13. The van der Waals surface area contributed by atoms with Gasteiger partial charge in [0, 0.05) is 10.6 Å². The van der Waals surface area contributed by atoms with Crippen molar-refractivity contribution >= 4 is 17.7 Å². The summed E-state index contributed by atoms with van der Waals surface area (Å²) in [6.07, 6.45) is 0. The summed E-state index contributed by atoms with van der Waals surface area (Å²) >= 11 is 1.74. The van der Waals surface area contributed by atoms with Crippen LogP contribution in [-0.4, -0.2) is 18.3 Å². The van der Waals surface area contributed by atoms with Gasteiger partial charge in [-0.3, -0.25) is 4.99 Å². The van der Waals surface area contributed by atoms with Crippen molar-refractivity contribution in [3.05, 3.63) is 30.3 Å². The summed E-state index contributed by atoms with van der Waals surface area (Å²) in [6, 6.07) is 10.2. The van der Waals surface area contributed by atoms with Crippen molar-refractivity contribution in [3.63, 3.8) is 0 Å². The SMILES string of the molecule is NC(N)=NCCSc1ccccc1. The van der Waals surface area contributed by atoms with E-state index in [-0.39, 0.29) is 5.96 Å². The number of nitrogens with zero attached hydrogens (tertiary/aromatic N) is 1. The third-order valence-corrected chi connectivity index (χ3v) is 2.39. The molecule has 0 fully saturated rings. The maximum atomic E-state index is 5.19. The molecule has 4 heteroatoms. The molecule has 0 aliphatic carbocycles. The van der Waals surface area contributed by atoms with E-state index < -0.39 is 0 Å². The third-order valence-electron chi connectivity index (χ3n) is 1.40. The number of hydrogen-bond donors (Lipinski definition) is 2. The first-order chi connectivity index (χ1) is 6.29. The average Bonchev–Trinajstić information content (AvgIpc) is 2.14. The second kappa shape index (κ2) is 5.48. The van der Waals surface area contributed by atoms with Crippen LogP contribution in [-0.2, 0) is 0 Å². The molecular formula is C9H13N3S. The van der Waals surface area contributed by atoms with Gasteiger partial charge in [-0.15, -0.1) is 11.8 Å². The minimum Gasteiger partial charge on any atom is -0.370 e. The molecule has 3 nitrogen and oxygen atoms in total. The molecule has 0 bridgehead atoms. The van der Waals surface area contributed by atoms with E-state index in [0.717, 1.165) is 5.75 Å². The van der Waals surface area contributed by atoms with Crippen LogP contribution >= 0.6 is 11.8 Å². The number of benzene rings is 1. The third kappa shape index (κ3) is 4.42. The molecular weight excluding hydrogens is 182 g/mol. The number of thioether (sulfide) groups is 1. The number of hydrogen-bond acceptors (Lipinski definition) is 2. The molecule has 70 valence electrons. The molecule has 0 saturated carbocycles. The van der Waals surface area contributed by atoms with Crippen molar-refractivity contribution in [1.82, 2.24) is 0 Å². The second-order valence-electron chi connectivity index (χ2n) is 2.47. The molecule has 0 radical (unpaired) electrons. The Morgan fingerprint density at radius 1 is 1.23 bits per heavy atom. The minimum absolute atomic E-state index is 0.161. The van der Waals surface area contributed by atoms with E-state index in [9.17, 15) is 0 Å². The molecule has 0 spiro atoms. The van der Waals surface area contributed by atoms with Crippen molar-refractivity contribution in [1.29, 1.82) is 0 Å². The fourth-order valence-electron chi connectivity index (χ4n) is 0.855. The largest absolute Gasteiger partial charge is 0.370 e. The van der Waals surface area contributed by atoms with Gasteiger partial charge in [-0.25, -0.2) is 0 Å². The predicted octanol–water partition coefficient (Wildman–Crippen LogP) is 1.05. The van der Waals surface area contributed by atoms with Crippen molar-refractivity contribution in [3.8, 4) is 0 Å². The lowest BCUT2D eigenvalue weighted by Gasteiger charge is -1.98. The number of aliphatic imine (C=N–C) groups is 1. The molecule has 1 aromatic rings. The zero-order chi connectivity index (χ0) is 9.52. The fourth-order valence-corrected chi connectivity index (χ4v) is 1.62. The first kappa shape index (κ1) is 9.92. The molecule has 13 heavy (non-hydrogen) atoms. The van der Waals surface area contributed by atoms with E-state index in [1.54, 1.807) is 11.8 Å². The summed E-state index contributed by atoms with van der Waals surface area (Å²) in [4.78, 5) is 5.13. The molecule has 0 saturated heterocycles. The summed E-state index contributed by atoms with van der Waals surface area (Å²) in [7, 11) is 0. The van der Waals surface area contributed by atoms with E-state index in [1.807, 2.05) is 18.2 Å². The number of nitrogens with two attached hydrogens (primary N) is 2. The van der Waals surface area contributed by atoms with E-state index in [4.69, 9.17) is 11.5 Å². The second-order valence-corrected chi connectivity index (χ2v) is 3.64. The van der Waals surface area contributed by atoms with Crippen LogP contribution in [0.5, 0.6) is 0 Å². The lowest BCUT2D eigenvalue weighted by Crippen LogP contribution is -2.23. The monoisotopic (exact) mass is 195 g/mol. The lowest BCUT2D eigenvalue weighted by molar-refractivity contribution is 1.12. The van der Waals surface area contributed by atoms with Gasteiger partial charge in [-0.05, 0) is 12.1 Å². The molecule has 0 amide bonds. The van der Waals surface area contributed by atoms with Crippen LogP contribution in [0.3, 0.4) is 0 Å². The van der Waals surface area contributed by atoms with E-state index in [0.29, 0.717) is 6.54 Å². The van der Waals surface area contributed by atoms with Gasteiger partial charge >= 0.3 is 0 Å². The quantitative estimate of drug-likeness (QED) is 0.327. The Bertz CT molecular complexity index is 267. The Morgan fingerprint density at radius 2 is 1.92 bits per heavy atom. The summed E-state index contributed by atoms with van der Waals surface area (Å²) in [6.45, 7) is 0.669. The molecule has 1 rings (SSSR count). The van der Waals surface area contributed by atoms with Crippen molar-refractivity contribution in [2.75, 3.05) is 12.3 Å². The standard InChI is InChI=1S/C9H13N3S/c10-9(11)12-6-7-13-8-4-2-1-3-5-8/h1-5H,6-7H2,(H4,10,11,12). The Balaban J connectivity index is 2.25. The Morgan fingerprint density at radius 3 is 2.54 bits per heavy atom. The molecule has 0 aliphatic rings. The van der Waals surface area contributed by atoms with Crippen LogP contribution in [0, 0.1) is 0 Å². The number of guanidine groups is 1. The molecule has 0 heterocycles. The summed E-state index contributed by atoms with van der Waals surface area (Å²) in [5, 5.41) is 0. The highest BCUT2D eigenvalue weighted by Gasteiger charge is 1.90. The fraction of sp³-hybridized carbons (Fsp3) is 0.222. The molecule has 0 aliphatic heterocycles. The lowest BCUT2D eigenvalue weighted by atomic mass is 10.4. The molecule has 4 N–H and O–H groups in total. The highest BCUT2D eigenvalue weighted by molar-refractivity contribution is 7.99. The zero-order valence-electron chi connectivity index (χ0n) is 7.31. The average molecular weight is 195 g/mol. The molecule has 0 aromatic heterocycles. The van der Waals surface area contributed by atoms with Gasteiger partial charge < -0.3 is 11.5 Å². The maximum absolute atomic E-state index is 5.19. The van der Waals surface area contributed by atoms with E-state index in [1.165, 1.54) is 4.90 Å². The molecule has 0 atom stereocenters. The van der Waals surface area contributed by atoms with Gasteiger partial charge in [0.15, 0.2) is 5.96 Å². The summed E-state index contributed by atoms with van der Waals surface area (Å²) in [5.41, 5.74) is 10.4. The normalized spacial score (nSPS) is 9.54. The van der Waals surface area contributed by atoms with Crippen LogP contribution in [0.4, 0.5) is 0 Å². The highest BCUT2D eigenvalue weighted by atomic mass is 32.2. The van der Waals surface area contributed by atoms with Crippen LogP contribution in [0.1, 0.15) is 0 Å². The Kier molecular flexibility index (Phi) is 4.18. The van der Waals surface area contributed by atoms with Crippen molar-refractivity contribution < 1.29 is 0 Å².